The number of likely N-dealkylation sites (tertiary alicyclic amines) is 1. The number of benzene rings is 1. The molecule has 4 heteroatoms. The number of aliphatic hydroxyl groups excluding tert-OH is 1. The van der Waals surface area contributed by atoms with Crippen LogP contribution in [0.2, 0.25) is 0 Å². The Bertz CT molecular complexity index is 417. The third kappa shape index (κ3) is 3.83. The highest BCUT2D eigenvalue weighted by molar-refractivity contribution is 5.25. The van der Waals surface area contributed by atoms with E-state index >= 15 is 0 Å². The Morgan fingerprint density at radius 2 is 2.05 bits per heavy atom. The van der Waals surface area contributed by atoms with Crippen LogP contribution in [0.4, 0.5) is 0 Å². The van der Waals surface area contributed by atoms with Crippen molar-refractivity contribution in [3.63, 3.8) is 0 Å². The van der Waals surface area contributed by atoms with Gasteiger partial charge in [-0.2, -0.15) is 0 Å². The molecule has 0 aliphatic carbocycles. The van der Waals surface area contributed by atoms with E-state index in [1.807, 2.05) is 25.2 Å². The van der Waals surface area contributed by atoms with E-state index in [4.69, 9.17) is 0 Å². The summed E-state index contributed by atoms with van der Waals surface area (Å²) in [5.41, 5.74) is 0.775. The maximum atomic E-state index is 10.0. The molecule has 0 aromatic heterocycles. The first-order valence-corrected chi connectivity index (χ1v) is 7.85. The molecule has 1 aliphatic rings. The first-order valence-electron chi connectivity index (χ1n) is 7.85. The molecule has 1 aliphatic heterocycles. The van der Waals surface area contributed by atoms with E-state index in [2.05, 4.69) is 41.3 Å². The van der Waals surface area contributed by atoms with Gasteiger partial charge in [0.25, 0.3) is 0 Å². The van der Waals surface area contributed by atoms with E-state index in [1.54, 1.807) is 0 Å². The highest BCUT2D eigenvalue weighted by atomic mass is 16.3. The van der Waals surface area contributed by atoms with Gasteiger partial charge in [0.15, 0.2) is 0 Å². The van der Waals surface area contributed by atoms with E-state index in [-0.39, 0.29) is 12.1 Å². The summed E-state index contributed by atoms with van der Waals surface area (Å²) in [7, 11) is 6.25. The Morgan fingerprint density at radius 3 is 2.62 bits per heavy atom. The molecule has 1 aromatic rings. The zero-order chi connectivity index (χ0) is 15.3. The molecule has 0 spiro atoms. The quantitative estimate of drug-likeness (QED) is 0.824. The number of aliphatic hydroxyl groups is 1. The lowest BCUT2D eigenvalue weighted by Gasteiger charge is -2.42. The van der Waals surface area contributed by atoms with Crippen molar-refractivity contribution in [1.82, 2.24) is 15.1 Å². The predicted octanol–water partition coefficient (Wildman–Crippen LogP) is 1.12. The first kappa shape index (κ1) is 16.4. The number of nitrogens with zero attached hydrogens (tertiary/aromatic N) is 2. The summed E-state index contributed by atoms with van der Waals surface area (Å²) >= 11 is 0. The third-order valence-electron chi connectivity index (χ3n) is 4.78. The summed E-state index contributed by atoms with van der Waals surface area (Å²) in [5.74, 6) is 0. The minimum atomic E-state index is -0.380. The van der Waals surface area contributed by atoms with Gasteiger partial charge in [-0.15, -0.1) is 0 Å². The number of hydrogen-bond acceptors (Lipinski definition) is 4. The van der Waals surface area contributed by atoms with Crippen LogP contribution in [0.5, 0.6) is 0 Å². The smallest absolute Gasteiger partial charge is 0.0795 e. The summed E-state index contributed by atoms with van der Waals surface area (Å²) in [5, 5.41) is 13.4. The number of likely N-dealkylation sites (N-methyl/N-ethyl adjacent to an activating group) is 2. The van der Waals surface area contributed by atoms with E-state index in [1.165, 1.54) is 12.8 Å². The van der Waals surface area contributed by atoms with Crippen LogP contribution in [0.15, 0.2) is 30.3 Å². The Labute approximate surface area is 128 Å². The molecule has 1 aromatic carbocycles. The fourth-order valence-corrected chi connectivity index (χ4v) is 3.27. The minimum Gasteiger partial charge on any atom is -0.394 e. The number of hydrogen-bond donors (Lipinski definition) is 2. The van der Waals surface area contributed by atoms with Crippen molar-refractivity contribution in [2.75, 3.05) is 47.4 Å². The summed E-state index contributed by atoms with van der Waals surface area (Å²) in [6.45, 7) is 3.13. The van der Waals surface area contributed by atoms with Crippen LogP contribution in [-0.4, -0.2) is 68.3 Å². The molecule has 0 bridgehead atoms. The molecule has 118 valence electrons. The topological polar surface area (TPSA) is 38.7 Å². The Balaban J connectivity index is 2.13. The second-order valence-corrected chi connectivity index (χ2v) is 6.35. The van der Waals surface area contributed by atoms with Crippen molar-refractivity contribution in [1.29, 1.82) is 0 Å². The average molecular weight is 291 g/mol. The fourth-order valence-electron chi connectivity index (χ4n) is 3.27. The number of piperidine rings is 1. The molecule has 2 N–H and O–H groups in total. The lowest BCUT2D eigenvalue weighted by Crippen LogP contribution is -2.55. The van der Waals surface area contributed by atoms with Crippen LogP contribution in [0.3, 0.4) is 0 Å². The van der Waals surface area contributed by atoms with E-state index in [0.717, 1.165) is 25.2 Å². The molecular weight excluding hydrogens is 262 g/mol. The Hall–Kier alpha value is -0.940. The fraction of sp³-hybridized carbons (Fsp3) is 0.647. The van der Waals surface area contributed by atoms with Gasteiger partial charge >= 0.3 is 0 Å². The van der Waals surface area contributed by atoms with Crippen LogP contribution in [0.25, 0.3) is 0 Å². The molecule has 0 amide bonds. The van der Waals surface area contributed by atoms with E-state index in [0.29, 0.717) is 6.04 Å². The minimum absolute atomic E-state index is 0.108. The SMILES string of the molecule is CNC(CO)(CN1CCCC(N(C)C)C1)c1ccccc1. The zero-order valence-electron chi connectivity index (χ0n) is 13.5. The van der Waals surface area contributed by atoms with Gasteiger partial charge in [0.2, 0.25) is 0 Å². The van der Waals surface area contributed by atoms with Crippen molar-refractivity contribution in [2.24, 2.45) is 0 Å². The van der Waals surface area contributed by atoms with Crippen molar-refractivity contribution in [3.05, 3.63) is 35.9 Å². The van der Waals surface area contributed by atoms with Crippen LogP contribution in [-0.2, 0) is 5.54 Å². The molecule has 2 rings (SSSR count). The molecule has 1 heterocycles. The van der Waals surface area contributed by atoms with Crippen molar-refractivity contribution in [2.45, 2.75) is 24.4 Å². The first-order chi connectivity index (χ1) is 10.1. The highest BCUT2D eigenvalue weighted by Gasteiger charge is 2.34. The van der Waals surface area contributed by atoms with Gasteiger partial charge in [0, 0.05) is 19.1 Å². The maximum absolute atomic E-state index is 10.0. The largest absolute Gasteiger partial charge is 0.394 e. The van der Waals surface area contributed by atoms with Gasteiger partial charge in [-0.3, -0.25) is 4.90 Å². The molecular formula is C17H29N3O. The van der Waals surface area contributed by atoms with Crippen LogP contribution >= 0.6 is 0 Å². The second-order valence-electron chi connectivity index (χ2n) is 6.35. The van der Waals surface area contributed by atoms with Gasteiger partial charge in [-0.25, -0.2) is 0 Å². The van der Waals surface area contributed by atoms with E-state index < -0.39 is 0 Å². The van der Waals surface area contributed by atoms with Crippen LogP contribution < -0.4 is 5.32 Å². The van der Waals surface area contributed by atoms with Gasteiger partial charge in [-0.1, -0.05) is 30.3 Å². The molecule has 0 radical (unpaired) electrons. The monoisotopic (exact) mass is 291 g/mol. The van der Waals surface area contributed by atoms with Gasteiger partial charge in [-0.05, 0) is 46.1 Å². The second kappa shape index (κ2) is 7.36. The van der Waals surface area contributed by atoms with Gasteiger partial charge < -0.3 is 15.3 Å². The average Bonchev–Trinajstić information content (AvgIpc) is 2.54. The molecule has 1 saturated heterocycles. The Kier molecular flexibility index (Phi) is 5.76. The van der Waals surface area contributed by atoms with Crippen molar-refractivity contribution in [3.8, 4) is 0 Å². The van der Waals surface area contributed by atoms with Crippen molar-refractivity contribution >= 4 is 0 Å². The summed E-state index contributed by atoms with van der Waals surface area (Å²) in [4.78, 5) is 4.79. The Morgan fingerprint density at radius 1 is 1.33 bits per heavy atom. The zero-order valence-corrected chi connectivity index (χ0v) is 13.5. The van der Waals surface area contributed by atoms with Crippen LogP contribution in [0, 0.1) is 0 Å². The maximum Gasteiger partial charge on any atom is 0.0795 e. The highest BCUT2D eigenvalue weighted by Crippen LogP contribution is 2.24. The van der Waals surface area contributed by atoms with E-state index in [9.17, 15) is 5.11 Å². The molecule has 2 unspecified atom stereocenters. The van der Waals surface area contributed by atoms with Gasteiger partial charge in [0.05, 0.1) is 12.1 Å². The van der Waals surface area contributed by atoms with Gasteiger partial charge in [0.1, 0.15) is 0 Å². The van der Waals surface area contributed by atoms with Crippen LogP contribution in [0.1, 0.15) is 18.4 Å². The normalized spacial score (nSPS) is 23.2. The summed E-state index contributed by atoms with van der Waals surface area (Å²) in [6, 6.07) is 10.9. The lowest BCUT2D eigenvalue weighted by atomic mass is 9.89. The molecule has 4 nitrogen and oxygen atoms in total. The molecule has 0 saturated carbocycles. The number of rotatable bonds is 6. The molecule has 1 fully saturated rings. The summed E-state index contributed by atoms with van der Waals surface area (Å²) < 4.78 is 0. The lowest BCUT2D eigenvalue weighted by molar-refractivity contribution is 0.0729. The van der Waals surface area contributed by atoms with Crippen molar-refractivity contribution < 1.29 is 5.11 Å². The third-order valence-corrected chi connectivity index (χ3v) is 4.78. The predicted molar refractivity (Wildman–Crippen MR) is 87.4 cm³/mol. The molecule has 2 atom stereocenters. The standard InChI is InChI=1S/C17H29N3O/c1-18-17(14-21,15-8-5-4-6-9-15)13-20-11-7-10-16(12-20)19(2)3/h4-6,8-9,16,18,21H,7,10-14H2,1-3H3. The summed E-state index contributed by atoms with van der Waals surface area (Å²) in [6.07, 6.45) is 2.49. The molecule has 21 heavy (non-hydrogen) atoms. The number of nitrogens with one attached hydrogen (secondary N) is 1.